The van der Waals surface area contributed by atoms with Crippen molar-refractivity contribution in [2.75, 3.05) is 6.61 Å². The minimum Gasteiger partial charge on any atom is -0.360 e. The normalized spacial score (nSPS) is 11.6. The largest absolute Gasteiger partial charge is 0.360 e. The van der Waals surface area contributed by atoms with Crippen LogP contribution in [0.25, 0.3) is 11.1 Å². The lowest BCUT2D eigenvalue weighted by Crippen LogP contribution is -2.22. The second-order valence-corrected chi connectivity index (χ2v) is 13.7. The number of hydrogen-bond acceptors (Lipinski definition) is 3. The van der Waals surface area contributed by atoms with Gasteiger partial charge in [-0.15, -0.1) is 0 Å². The van der Waals surface area contributed by atoms with Gasteiger partial charge in [-0.2, -0.15) is 5.10 Å². The van der Waals surface area contributed by atoms with Crippen molar-refractivity contribution >= 4 is 21.5 Å². The van der Waals surface area contributed by atoms with Crippen molar-refractivity contribution in [3.05, 3.63) is 41.2 Å². The first-order valence-electron chi connectivity index (χ1n) is 9.92. The predicted molar refractivity (Wildman–Crippen MR) is 117 cm³/mol. The van der Waals surface area contributed by atoms with Crippen LogP contribution in [0.15, 0.2) is 24.3 Å². The number of benzene rings is 1. The van der Waals surface area contributed by atoms with Crippen molar-refractivity contribution in [3.63, 3.8) is 0 Å². The van der Waals surface area contributed by atoms with Crippen molar-refractivity contribution in [1.82, 2.24) is 9.78 Å². The smallest absolute Gasteiger partial charge is 0.202 e. The van der Waals surface area contributed by atoms with E-state index in [4.69, 9.17) is 9.84 Å². The van der Waals surface area contributed by atoms with E-state index in [0.29, 0.717) is 13.1 Å². The quantitative estimate of drug-likeness (QED) is 0.329. The molecule has 2 aromatic rings. The summed E-state index contributed by atoms with van der Waals surface area (Å²) in [4.78, 5) is 10.5. The third-order valence-corrected chi connectivity index (χ3v) is 6.41. The Kier molecular flexibility index (Phi) is 8.05. The monoisotopic (exact) mass is 383 g/mol. The average Bonchev–Trinajstić information content (AvgIpc) is 3.00. The predicted octanol–water partition coefficient (Wildman–Crippen LogP) is 4.38. The molecular formula is C21H32BN2O2Si. The molecule has 0 amide bonds. The minimum absolute atomic E-state index is 0.521. The molecule has 0 aliphatic heterocycles. The number of rotatable bonds is 11. The van der Waals surface area contributed by atoms with Gasteiger partial charge in [0.25, 0.3) is 0 Å². The molecule has 0 spiro atoms. The van der Waals surface area contributed by atoms with Crippen molar-refractivity contribution in [2.45, 2.75) is 65.4 Å². The van der Waals surface area contributed by atoms with Crippen LogP contribution in [0.1, 0.15) is 30.8 Å². The highest BCUT2D eigenvalue weighted by molar-refractivity contribution is 6.76. The van der Waals surface area contributed by atoms with Crippen LogP contribution in [0.2, 0.25) is 25.7 Å². The Morgan fingerprint density at radius 3 is 2.41 bits per heavy atom. The fourth-order valence-corrected chi connectivity index (χ4v) is 3.88. The zero-order valence-corrected chi connectivity index (χ0v) is 18.4. The first-order chi connectivity index (χ1) is 12.9. The molecule has 0 saturated carbocycles. The summed E-state index contributed by atoms with van der Waals surface area (Å²) in [6.07, 6.45) is 3.34. The van der Waals surface area contributed by atoms with Crippen LogP contribution in [0, 0.1) is 0 Å². The summed E-state index contributed by atoms with van der Waals surface area (Å²) in [5.74, 6) is 0. The topological polar surface area (TPSA) is 44.1 Å². The van der Waals surface area contributed by atoms with Crippen LogP contribution < -0.4 is 0 Å². The van der Waals surface area contributed by atoms with E-state index in [0.717, 1.165) is 36.9 Å². The molecule has 0 atom stereocenters. The Morgan fingerprint density at radius 1 is 1.15 bits per heavy atom. The number of nitrogens with zero attached hydrogens (tertiary/aromatic N) is 2. The molecule has 1 radical (unpaired) electrons. The SMILES string of the molecule is CCc1nn(COCC[Si](C)(C)C)c(CC)c1-c1ccc(C[B]C=O)cc1. The van der Waals surface area contributed by atoms with Gasteiger partial charge in [0.1, 0.15) is 6.73 Å². The molecule has 1 aromatic heterocycles. The zero-order chi connectivity index (χ0) is 19.9. The van der Waals surface area contributed by atoms with Gasteiger partial charge in [0.15, 0.2) is 0 Å². The summed E-state index contributed by atoms with van der Waals surface area (Å²) in [5, 5.41) is 4.83. The minimum atomic E-state index is -1.08. The van der Waals surface area contributed by atoms with Crippen molar-refractivity contribution in [2.24, 2.45) is 0 Å². The zero-order valence-electron chi connectivity index (χ0n) is 17.4. The van der Waals surface area contributed by atoms with Gasteiger partial charge in [-0.3, -0.25) is 0 Å². The maximum atomic E-state index is 10.5. The number of hydrogen-bond donors (Lipinski definition) is 0. The lowest BCUT2D eigenvalue weighted by atomic mass is 9.74. The van der Waals surface area contributed by atoms with Gasteiger partial charge in [0.2, 0.25) is 7.28 Å². The molecule has 0 N–H and O–H groups in total. The van der Waals surface area contributed by atoms with Gasteiger partial charge in [0, 0.05) is 25.9 Å². The summed E-state index contributed by atoms with van der Waals surface area (Å²) in [6.45, 7) is 12.7. The van der Waals surface area contributed by atoms with Crippen LogP contribution in [0.3, 0.4) is 0 Å². The van der Waals surface area contributed by atoms with Gasteiger partial charge < -0.3 is 9.53 Å². The summed E-state index contributed by atoms with van der Waals surface area (Å²) >= 11 is 0. The Morgan fingerprint density at radius 2 is 1.85 bits per heavy atom. The number of ether oxygens (including phenoxy) is 1. The lowest BCUT2D eigenvalue weighted by Gasteiger charge is -2.16. The first-order valence-corrected chi connectivity index (χ1v) is 13.6. The van der Waals surface area contributed by atoms with E-state index in [1.807, 2.05) is 4.68 Å². The Hall–Kier alpha value is -1.66. The molecule has 145 valence electrons. The fourth-order valence-electron chi connectivity index (χ4n) is 3.12. The highest BCUT2D eigenvalue weighted by atomic mass is 28.3. The molecule has 2 rings (SSSR count). The fraction of sp³-hybridized carbons (Fsp3) is 0.524. The van der Waals surface area contributed by atoms with E-state index in [1.54, 1.807) is 7.28 Å². The van der Waals surface area contributed by atoms with Crippen LogP contribution in [0.5, 0.6) is 0 Å². The highest BCUT2D eigenvalue weighted by Gasteiger charge is 2.18. The van der Waals surface area contributed by atoms with Crippen LogP contribution in [-0.2, 0) is 35.4 Å². The molecule has 0 unspecified atom stereocenters. The molecule has 1 aromatic carbocycles. The molecule has 27 heavy (non-hydrogen) atoms. The van der Waals surface area contributed by atoms with E-state index in [-0.39, 0.29) is 0 Å². The third-order valence-electron chi connectivity index (χ3n) is 4.70. The molecule has 4 nitrogen and oxygen atoms in total. The molecular weight excluding hydrogens is 351 g/mol. The summed E-state index contributed by atoms with van der Waals surface area (Å²) < 4.78 is 7.98. The molecule has 0 fully saturated rings. The number of aromatic nitrogens is 2. The first kappa shape index (κ1) is 21.6. The van der Waals surface area contributed by atoms with Crippen LogP contribution >= 0.6 is 0 Å². The number of aryl methyl sites for hydroxylation is 1. The standard InChI is InChI=1S/C21H32BN2O2Si/c1-6-19-21(18-10-8-17(9-11-18)14-22-15-25)20(7-2)24(23-19)16-26-12-13-27(3,4)5/h8-11,15H,6-7,12-14,16H2,1-5H3. The summed E-state index contributed by atoms with van der Waals surface area (Å²) in [7, 11) is 0.562. The number of carbonyl (C=O) groups is 1. The van der Waals surface area contributed by atoms with Gasteiger partial charge >= 0.3 is 0 Å². The van der Waals surface area contributed by atoms with Crippen LogP contribution in [-0.4, -0.2) is 37.9 Å². The third kappa shape index (κ3) is 6.18. The van der Waals surface area contributed by atoms with Crippen molar-refractivity contribution in [3.8, 4) is 11.1 Å². The Labute approximate surface area is 165 Å². The van der Waals surface area contributed by atoms with Gasteiger partial charge in [0.05, 0.1) is 11.9 Å². The summed E-state index contributed by atoms with van der Waals surface area (Å²) in [5.41, 5.74) is 5.91. The second kappa shape index (κ2) is 10.0. The lowest BCUT2D eigenvalue weighted by molar-refractivity contribution is 0.0764. The molecule has 0 aliphatic carbocycles. The molecule has 0 bridgehead atoms. The van der Waals surface area contributed by atoms with Gasteiger partial charge in [-0.25, -0.2) is 4.68 Å². The van der Waals surface area contributed by atoms with Crippen molar-refractivity contribution in [1.29, 1.82) is 0 Å². The summed E-state index contributed by atoms with van der Waals surface area (Å²) in [6, 6.07) is 9.63. The van der Waals surface area contributed by atoms with E-state index in [2.05, 4.69) is 57.8 Å². The van der Waals surface area contributed by atoms with E-state index < -0.39 is 8.07 Å². The van der Waals surface area contributed by atoms with E-state index in [1.165, 1.54) is 22.9 Å². The highest BCUT2D eigenvalue weighted by Crippen LogP contribution is 2.29. The molecule has 1 heterocycles. The van der Waals surface area contributed by atoms with Gasteiger partial charge in [-0.1, -0.05) is 63.3 Å². The average molecular weight is 383 g/mol. The second-order valence-electron chi connectivity index (χ2n) is 8.10. The van der Waals surface area contributed by atoms with Gasteiger partial charge in [-0.05, 0) is 30.8 Å². The van der Waals surface area contributed by atoms with Crippen molar-refractivity contribution < 1.29 is 9.53 Å². The Bertz CT molecular complexity index is 736. The molecule has 0 aliphatic rings. The number of carbonyl (C=O) groups excluding carboxylic acids is 1. The van der Waals surface area contributed by atoms with E-state index >= 15 is 0 Å². The maximum Gasteiger partial charge on any atom is 0.202 e. The molecule has 6 heteroatoms. The maximum absolute atomic E-state index is 10.5. The van der Waals surface area contributed by atoms with E-state index in [9.17, 15) is 4.79 Å². The molecule has 0 saturated heterocycles. The van der Waals surface area contributed by atoms with Crippen LogP contribution in [0.4, 0.5) is 0 Å². The Balaban J connectivity index is 2.20.